The smallest absolute Gasteiger partial charge is 0.0700 e. The Kier molecular flexibility index (Phi) is 3.74. The maximum absolute atomic E-state index is 10.8. The molecular formula is C17H26N2O. The van der Waals surface area contributed by atoms with Crippen molar-refractivity contribution in [3.63, 3.8) is 0 Å². The summed E-state index contributed by atoms with van der Waals surface area (Å²) in [6.07, 6.45) is 5.58. The molecule has 1 saturated carbocycles. The van der Waals surface area contributed by atoms with Gasteiger partial charge in [0, 0.05) is 30.7 Å². The zero-order valence-electron chi connectivity index (χ0n) is 12.4. The average Bonchev–Trinajstić information content (AvgIpc) is 2.46. The number of fused-ring (bicyclic) bond motifs is 1. The largest absolute Gasteiger partial charge is 0.399 e. The minimum atomic E-state index is -0.379. The third-order valence-electron chi connectivity index (χ3n) is 5.43. The average molecular weight is 274 g/mol. The minimum absolute atomic E-state index is 0.379. The van der Waals surface area contributed by atoms with Crippen LogP contribution >= 0.6 is 0 Å². The van der Waals surface area contributed by atoms with Gasteiger partial charge in [0.25, 0.3) is 0 Å². The fourth-order valence-corrected chi connectivity index (χ4v) is 3.93. The fourth-order valence-electron chi connectivity index (χ4n) is 3.93. The Balaban J connectivity index is 1.71. The first-order valence-corrected chi connectivity index (χ1v) is 7.90. The summed E-state index contributed by atoms with van der Waals surface area (Å²) in [4.78, 5) is 2.52. The van der Waals surface area contributed by atoms with Crippen LogP contribution in [0.25, 0.3) is 0 Å². The predicted octanol–water partition coefficient (Wildman–Crippen LogP) is 2.96. The Morgan fingerprint density at radius 1 is 1.25 bits per heavy atom. The fraction of sp³-hybridized carbons (Fsp3) is 0.647. The number of hydrogen-bond donors (Lipinski definition) is 2. The number of piperidine rings is 1. The van der Waals surface area contributed by atoms with Crippen molar-refractivity contribution in [2.24, 2.45) is 5.92 Å². The van der Waals surface area contributed by atoms with Crippen LogP contribution in [-0.2, 0) is 0 Å². The summed E-state index contributed by atoms with van der Waals surface area (Å²) in [6, 6.07) is 8.62. The summed E-state index contributed by atoms with van der Waals surface area (Å²) in [6.45, 7) is 4.29. The topological polar surface area (TPSA) is 49.5 Å². The molecule has 1 aromatic carbocycles. The molecule has 1 aliphatic carbocycles. The standard InChI is InChI=1S/C17H26N2O/c1-13(14-5-7-16(18)8-6-14)19-11-10-17(20)9-3-2-4-15(17)12-19/h5-8,13,15,20H,2-4,9-12,18H2,1H3. The highest BCUT2D eigenvalue weighted by atomic mass is 16.3. The van der Waals surface area contributed by atoms with E-state index in [9.17, 15) is 5.11 Å². The molecule has 0 spiro atoms. The van der Waals surface area contributed by atoms with E-state index in [0.717, 1.165) is 31.6 Å². The van der Waals surface area contributed by atoms with Gasteiger partial charge in [-0.05, 0) is 43.9 Å². The van der Waals surface area contributed by atoms with Crippen LogP contribution in [0.1, 0.15) is 50.6 Å². The lowest BCUT2D eigenvalue weighted by molar-refractivity contribution is -0.102. The second-order valence-electron chi connectivity index (χ2n) is 6.63. The van der Waals surface area contributed by atoms with Crippen molar-refractivity contribution in [2.45, 2.75) is 50.7 Å². The molecule has 110 valence electrons. The normalized spacial score (nSPS) is 32.6. The van der Waals surface area contributed by atoms with Gasteiger partial charge in [-0.15, -0.1) is 0 Å². The van der Waals surface area contributed by atoms with Crippen molar-refractivity contribution in [3.05, 3.63) is 29.8 Å². The van der Waals surface area contributed by atoms with Crippen LogP contribution in [0, 0.1) is 5.92 Å². The van der Waals surface area contributed by atoms with Crippen LogP contribution in [0.15, 0.2) is 24.3 Å². The number of nitrogens with two attached hydrogens (primary N) is 1. The van der Waals surface area contributed by atoms with Crippen molar-refractivity contribution >= 4 is 5.69 Å². The summed E-state index contributed by atoms with van der Waals surface area (Å²) in [5.41, 5.74) is 7.52. The quantitative estimate of drug-likeness (QED) is 0.815. The van der Waals surface area contributed by atoms with Crippen LogP contribution in [0.4, 0.5) is 5.69 Å². The molecule has 0 aromatic heterocycles. The van der Waals surface area contributed by atoms with Gasteiger partial charge in [-0.3, -0.25) is 4.90 Å². The van der Waals surface area contributed by atoms with Gasteiger partial charge in [-0.1, -0.05) is 25.0 Å². The molecule has 20 heavy (non-hydrogen) atoms. The number of hydrogen-bond acceptors (Lipinski definition) is 3. The first kappa shape index (κ1) is 13.9. The molecule has 2 aliphatic rings. The minimum Gasteiger partial charge on any atom is -0.399 e. The van der Waals surface area contributed by atoms with Crippen LogP contribution in [-0.4, -0.2) is 28.7 Å². The number of nitrogen functional groups attached to an aromatic ring is 1. The third kappa shape index (κ3) is 2.57. The summed E-state index contributed by atoms with van der Waals surface area (Å²) in [5, 5.41) is 10.8. The lowest BCUT2D eigenvalue weighted by Gasteiger charge is -2.49. The second kappa shape index (κ2) is 5.38. The van der Waals surface area contributed by atoms with Gasteiger partial charge in [-0.2, -0.15) is 0 Å². The van der Waals surface area contributed by atoms with E-state index in [2.05, 4.69) is 24.0 Å². The molecule has 3 heteroatoms. The highest BCUT2D eigenvalue weighted by Crippen LogP contribution is 2.41. The van der Waals surface area contributed by atoms with E-state index in [1.54, 1.807) is 0 Å². The van der Waals surface area contributed by atoms with Crippen molar-refractivity contribution in [2.75, 3.05) is 18.8 Å². The summed E-state index contributed by atoms with van der Waals surface area (Å²) in [7, 11) is 0. The van der Waals surface area contributed by atoms with Gasteiger partial charge in [0.05, 0.1) is 5.60 Å². The molecule has 3 nitrogen and oxygen atoms in total. The monoisotopic (exact) mass is 274 g/mol. The molecule has 1 heterocycles. The number of benzene rings is 1. The van der Waals surface area contributed by atoms with E-state index in [0.29, 0.717) is 12.0 Å². The predicted molar refractivity (Wildman–Crippen MR) is 82.4 cm³/mol. The zero-order chi connectivity index (χ0) is 14.2. The Hall–Kier alpha value is -1.06. The third-order valence-corrected chi connectivity index (χ3v) is 5.43. The first-order chi connectivity index (χ1) is 9.58. The number of likely N-dealkylation sites (tertiary alicyclic amines) is 1. The molecule has 1 aromatic rings. The Morgan fingerprint density at radius 2 is 2.00 bits per heavy atom. The summed E-state index contributed by atoms with van der Waals surface area (Å²) in [5.74, 6) is 0.459. The Labute approximate surface area is 121 Å². The maximum Gasteiger partial charge on any atom is 0.0700 e. The van der Waals surface area contributed by atoms with Gasteiger partial charge in [-0.25, -0.2) is 0 Å². The van der Waals surface area contributed by atoms with Crippen molar-refractivity contribution in [3.8, 4) is 0 Å². The lowest BCUT2D eigenvalue weighted by Crippen LogP contribution is -2.53. The van der Waals surface area contributed by atoms with Gasteiger partial charge < -0.3 is 10.8 Å². The summed E-state index contributed by atoms with van der Waals surface area (Å²) < 4.78 is 0. The molecule has 2 fully saturated rings. The van der Waals surface area contributed by atoms with Gasteiger partial charge in [0.1, 0.15) is 0 Å². The molecular weight excluding hydrogens is 248 g/mol. The Bertz CT molecular complexity index is 459. The van der Waals surface area contributed by atoms with Crippen molar-refractivity contribution < 1.29 is 5.11 Å². The highest BCUT2D eigenvalue weighted by molar-refractivity contribution is 5.40. The first-order valence-electron chi connectivity index (χ1n) is 7.90. The molecule has 0 bridgehead atoms. The van der Waals surface area contributed by atoms with Crippen LogP contribution in [0.2, 0.25) is 0 Å². The van der Waals surface area contributed by atoms with E-state index in [4.69, 9.17) is 5.73 Å². The second-order valence-corrected chi connectivity index (χ2v) is 6.63. The molecule has 1 aliphatic heterocycles. The number of anilines is 1. The Morgan fingerprint density at radius 3 is 2.75 bits per heavy atom. The van der Waals surface area contributed by atoms with Crippen molar-refractivity contribution in [1.82, 2.24) is 4.90 Å². The van der Waals surface area contributed by atoms with Crippen LogP contribution in [0.5, 0.6) is 0 Å². The van der Waals surface area contributed by atoms with E-state index in [1.165, 1.54) is 24.8 Å². The van der Waals surface area contributed by atoms with Gasteiger partial charge in [0.15, 0.2) is 0 Å². The van der Waals surface area contributed by atoms with E-state index >= 15 is 0 Å². The molecule has 1 saturated heterocycles. The highest BCUT2D eigenvalue weighted by Gasteiger charge is 2.43. The SMILES string of the molecule is CC(c1ccc(N)cc1)N1CCC2(O)CCCCC2C1. The molecule has 0 amide bonds. The molecule has 0 radical (unpaired) electrons. The van der Waals surface area contributed by atoms with Gasteiger partial charge >= 0.3 is 0 Å². The summed E-state index contributed by atoms with van der Waals surface area (Å²) >= 11 is 0. The van der Waals surface area contributed by atoms with Gasteiger partial charge in [0.2, 0.25) is 0 Å². The molecule has 3 N–H and O–H groups in total. The number of rotatable bonds is 2. The number of nitrogens with zero attached hydrogens (tertiary/aromatic N) is 1. The van der Waals surface area contributed by atoms with Crippen molar-refractivity contribution in [1.29, 1.82) is 0 Å². The van der Waals surface area contributed by atoms with E-state index < -0.39 is 0 Å². The number of aliphatic hydroxyl groups is 1. The van der Waals surface area contributed by atoms with E-state index in [1.807, 2.05) is 12.1 Å². The molecule has 3 unspecified atom stereocenters. The molecule has 3 atom stereocenters. The van der Waals surface area contributed by atoms with Crippen LogP contribution < -0.4 is 5.73 Å². The zero-order valence-corrected chi connectivity index (χ0v) is 12.4. The molecule has 3 rings (SSSR count). The lowest BCUT2D eigenvalue weighted by atomic mass is 9.71. The van der Waals surface area contributed by atoms with E-state index in [-0.39, 0.29) is 5.60 Å². The van der Waals surface area contributed by atoms with Crippen LogP contribution in [0.3, 0.4) is 0 Å². The maximum atomic E-state index is 10.8.